The molecule has 0 aliphatic carbocycles. The molecule has 1 saturated heterocycles. The molecule has 1 aromatic heterocycles. The maximum absolute atomic E-state index is 11.4. The highest BCUT2D eigenvalue weighted by atomic mass is 32.2. The summed E-state index contributed by atoms with van der Waals surface area (Å²) in [5.41, 5.74) is 8.11. The minimum Gasteiger partial charge on any atom is -0.399 e. The van der Waals surface area contributed by atoms with Crippen molar-refractivity contribution in [2.75, 3.05) is 29.1 Å². The Kier molecular flexibility index (Phi) is 2.85. The van der Waals surface area contributed by atoms with Gasteiger partial charge in [0, 0.05) is 12.2 Å². The van der Waals surface area contributed by atoms with Gasteiger partial charge in [-0.2, -0.15) is 0 Å². The van der Waals surface area contributed by atoms with E-state index >= 15 is 0 Å². The molecular weight excluding hydrogens is 264 g/mol. The van der Waals surface area contributed by atoms with E-state index in [9.17, 15) is 8.42 Å². The van der Waals surface area contributed by atoms with Crippen molar-refractivity contribution < 1.29 is 8.42 Å². The number of H-pyrrole nitrogens is 1. The van der Waals surface area contributed by atoms with E-state index in [0.29, 0.717) is 23.9 Å². The number of benzene rings is 1. The zero-order valence-electron chi connectivity index (χ0n) is 10.4. The summed E-state index contributed by atoms with van der Waals surface area (Å²) in [6, 6.07) is 5.48. The van der Waals surface area contributed by atoms with Gasteiger partial charge in [0.25, 0.3) is 0 Å². The third kappa shape index (κ3) is 2.65. The van der Waals surface area contributed by atoms with Crippen LogP contribution in [0.15, 0.2) is 18.2 Å². The second kappa shape index (κ2) is 4.41. The van der Waals surface area contributed by atoms with Crippen LogP contribution in [0.5, 0.6) is 0 Å². The van der Waals surface area contributed by atoms with Crippen LogP contribution < -0.4 is 11.1 Å². The minimum atomic E-state index is -2.82. The number of nitrogens with zero attached hydrogens (tertiary/aromatic N) is 1. The van der Waals surface area contributed by atoms with Gasteiger partial charge in [-0.3, -0.25) is 0 Å². The molecule has 0 saturated carbocycles. The Bertz CT molecular complexity index is 708. The fourth-order valence-corrected chi connectivity index (χ4v) is 4.25. The van der Waals surface area contributed by atoms with Gasteiger partial charge in [0.2, 0.25) is 5.95 Å². The maximum Gasteiger partial charge on any atom is 0.201 e. The molecule has 4 N–H and O–H groups in total. The van der Waals surface area contributed by atoms with E-state index < -0.39 is 9.84 Å². The number of aromatic amines is 1. The number of nitrogen functional groups attached to an aromatic ring is 1. The van der Waals surface area contributed by atoms with Gasteiger partial charge in [-0.1, -0.05) is 0 Å². The highest BCUT2D eigenvalue weighted by Crippen LogP contribution is 2.20. The summed E-state index contributed by atoms with van der Waals surface area (Å²) in [7, 11) is -2.82. The molecule has 3 rings (SSSR count). The summed E-state index contributed by atoms with van der Waals surface area (Å²) in [6.45, 7) is 0.620. The molecule has 102 valence electrons. The molecule has 2 heterocycles. The second-order valence-electron chi connectivity index (χ2n) is 5.01. The zero-order valence-corrected chi connectivity index (χ0v) is 11.2. The predicted octanol–water partition coefficient (Wildman–Crippen LogP) is 0.992. The molecule has 1 aromatic carbocycles. The highest BCUT2D eigenvalue weighted by molar-refractivity contribution is 7.91. The van der Waals surface area contributed by atoms with Crippen molar-refractivity contribution >= 4 is 32.5 Å². The summed E-state index contributed by atoms with van der Waals surface area (Å²) < 4.78 is 22.7. The van der Waals surface area contributed by atoms with Crippen LogP contribution in [-0.2, 0) is 9.84 Å². The number of hydrogen-bond donors (Lipinski definition) is 3. The van der Waals surface area contributed by atoms with Crippen molar-refractivity contribution in [1.82, 2.24) is 9.97 Å². The van der Waals surface area contributed by atoms with Crippen LogP contribution in [0.4, 0.5) is 11.6 Å². The van der Waals surface area contributed by atoms with E-state index in [2.05, 4.69) is 15.3 Å². The van der Waals surface area contributed by atoms with Crippen LogP contribution in [-0.4, -0.2) is 36.4 Å². The summed E-state index contributed by atoms with van der Waals surface area (Å²) >= 11 is 0. The summed E-state index contributed by atoms with van der Waals surface area (Å²) in [5.74, 6) is 1.40. The number of fused-ring (bicyclic) bond motifs is 1. The van der Waals surface area contributed by atoms with E-state index in [4.69, 9.17) is 5.73 Å². The van der Waals surface area contributed by atoms with Crippen molar-refractivity contribution in [3.8, 4) is 0 Å². The molecule has 1 aliphatic rings. The lowest BCUT2D eigenvalue weighted by atomic mass is 10.1. The van der Waals surface area contributed by atoms with E-state index in [1.807, 2.05) is 12.1 Å². The molecule has 0 amide bonds. The molecule has 6 nitrogen and oxygen atoms in total. The van der Waals surface area contributed by atoms with Crippen LogP contribution in [0.1, 0.15) is 6.42 Å². The number of imidazole rings is 1. The molecule has 1 atom stereocenters. The number of sulfone groups is 1. The lowest BCUT2D eigenvalue weighted by Crippen LogP contribution is -2.16. The number of nitrogens with two attached hydrogens (primary N) is 1. The van der Waals surface area contributed by atoms with Crippen molar-refractivity contribution in [1.29, 1.82) is 0 Å². The fourth-order valence-electron chi connectivity index (χ4n) is 2.38. The van der Waals surface area contributed by atoms with Crippen LogP contribution in [0.3, 0.4) is 0 Å². The molecule has 19 heavy (non-hydrogen) atoms. The quantitative estimate of drug-likeness (QED) is 0.728. The van der Waals surface area contributed by atoms with Crippen LogP contribution >= 0.6 is 0 Å². The Morgan fingerprint density at radius 3 is 3.05 bits per heavy atom. The van der Waals surface area contributed by atoms with Gasteiger partial charge < -0.3 is 16.0 Å². The maximum atomic E-state index is 11.4. The highest BCUT2D eigenvalue weighted by Gasteiger charge is 2.27. The average Bonchev–Trinajstić information content (AvgIpc) is 2.89. The largest absolute Gasteiger partial charge is 0.399 e. The van der Waals surface area contributed by atoms with E-state index in [0.717, 1.165) is 17.5 Å². The average molecular weight is 280 g/mol. The monoisotopic (exact) mass is 280 g/mol. The molecule has 0 spiro atoms. The molecule has 1 unspecified atom stereocenters. The van der Waals surface area contributed by atoms with Crippen molar-refractivity contribution in [2.24, 2.45) is 5.92 Å². The lowest BCUT2D eigenvalue weighted by molar-refractivity contribution is 0.595. The van der Waals surface area contributed by atoms with Crippen molar-refractivity contribution in [2.45, 2.75) is 6.42 Å². The first-order valence-electron chi connectivity index (χ1n) is 6.21. The van der Waals surface area contributed by atoms with Gasteiger partial charge in [0.05, 0.1) is 22.5 Å². The number of rotatable bonds is 3. The molecule has 0 bridgehead atoms. The second-order valence-corrected chi connectivity index (χ2v) is 7.24. The number of hydrogen-bond acceptors (Lipinski definition) is 5. The van der Waals surface area contributed by atoms with Crippen LogP contribution in [0.2, 0.25) is 0 Å². The number of aromatic nitrogens is 2. The minimum absolute atomic E-state index is 0.170. The fraction of sp³-hybridized carbons (Fsp3) is 0.417. The van der Waals surface area contributed by atoms with Gasteiger partial charge in [-0.15, -0.1) is 0 Å². The zero-order chi connectivity index (χ0) is 13.5. The third-order valence-electron chi connectivity index (χ3n) is 3.39. The van der Waals surface area contributed by atoms with E-state index in [1.165, 1.54) is 0 Å². The molecule has 1 fully saturated rings. The predicted molar refractivity (Wildman–Crippen MR) is 75.8 cm³/mol. The first kappa shape index (κ1) is 12.3. The van der Waals surface area contributed by atoms with Crippen LogP contribution in [0.25, 0.3) is 11.0 Å². The molecular formula is C12H16N4O2S. The Hall–Kier alpha value is -1.76. The van der Waals surface area contributed by atoms with E-state index in [-0.39, 0.29) is 11.7 Å². The molecule has 0 radical (unpaired) electrons. The lowest BCUT2D eigenvalue weighted by Gasteiger charge is -2.07. The standard InChI is InChI=1S/C12H16N4O2S/c13-9-1-2-10-11(5-9)16-12(15-10)14-6-8-3-4-19(17,18)7-8/h1-2,5,8H,3-4,6-7,13H2,(H2,14,15,16). The van der Waals surface area contributed by atoms with Gasteiger partial charge >= 0.3 is 0 Å². The number of anilines is 2. The Morgan fingerprint density at radius 1 is 1.47 bits per heavy atom. The van der Waals surface area contributed by atoms with Crippen LogP contribution in [0, 0.1) is 5.92 Å². The summed E-state index contributed by atoms with van der Waals surface area (Å²) in [6.07, 6.45) is 0.725. The first-order chi connectivity index (χ1) is 9.02. The Balaban J connectivity index is 1.69. The number of nitrogens with one attached hydrogen (secondary N) is 2. The molecule has 1 aliphatic heterocycles. The van der Waals surface area contributed by atoms with Crippen molar-refractivity contribution in [3.05, 3.63) is 18.2 Å². The van der Waals surface area contributed by atoms with Crippen molar-refractivity contribution in [3.63, 3.8) is 0 Å². The van der Waals surface area contributed by atoms with Gasteiger partial charge in [0.1, 0.15) is 0 Å². The van der Waals surface area contributed by atoms with E-state index in [1.54, 1.807) is 6.07 Å². The Morgan fingerprint density at radius 2 is 2.32 bits per heavy atom. The molecule has 7 heteroatoms. The first-order valence-corrected chi connectivity index (χ1v) is 8.03. The normalized spacial score (nSPS) is 21.8. The SMILES string of the molecule is Nc1ccc2nc(NCC3CCS(=O)(=O)C3)[nH]c2c1. The van der Waals surface area contributed by atoms with Gasteiger partial charge in [0.15, 0.2) is 9.84 Å². The molecule has 2 aromatic rings. The Labute approximate surface area is 111 Å². The topological polar surface area (TPSA) is 101 Å². The van der Waals surface area contributed by atoms with Gasteiger partial charge in [-0.05, 0) is 30.5 Å². The smallest absolute Gasteiger partial charge is 0.201 e. The summed E-state index contributed by atoms with van der Waals surface area (Å²) in [5, 5.41) is 3.16. The third-order valence-corrected chi connectivity index (χ3v) is 5.23. The van der Waals surface area contributed by atoms with Gasteiger partial charge in [-0.25, -0.2) is 13.4 Å². The summed E-state index contributed by atoms with van der Waals surface area (Å²) in [4.78, 5) is 7.51.